The molecule has 0 aliphatic rings. The predicted octanol–water partition coefficient (Wildman–Crippen LogP) is 4.48. The molecule has 0 bridgehead atoms. The van der Waals surface area contributed by atoms with Crippen LogP contribution in [-0.2, 0) is 0 Å². The molecule has 0 heteroatoms. The first-order chi connectivity index (χ1) is 5.85. The van der Waals surface area contributed by atoms with Gasteiger partial charge in [-0.3, -0.25) is 0 Å². The van der Waals surface area contributed by atoms with Crippen LogP contribution in [0.1, 0.15) is 52.9 Å². The first-order valence-electron chi connectivity index (χ1n) is 5.18. The van der Waals surface area contributed by atoms with Crippen molar-refractivity contribution in [2.24, 2.45) is 0 Å². The molecule has 12 heavy (non-hydrogen) atoms. The summed E-state index contributed by atoms with van der Waals surface area (Å²) >= 11 is 0. The molecule has 0 amide bonds. The molecule has 0 unspecified atom stereocenters. The highest BCUT2D eigenvalue weighted by atomic mass is 13.9. The minimum absolute atomic E-state index is 1.16. The van der Waals surface area contributed by atoms with Crippen LogP contribution in [0.3, 0.4) is 0 Å². The lowest BCUT2D eigenvalue weighted by molar-refractivity contribution is 0.944. The molecule has 0 atom stereocenters. The zero-order chi connectivity index (χ0) is 9.23. The summed E-state index contributed by atoms with van der Waals surface area (Å²) in [6, 6.07) is 0. The Morgan fingerprint density at radius 1 is 1.08 bits per heavy atom. The zero-order valence-corrected chi connectivity index (χ0v) is 8.77. The van der Waals surface area contributed by atoms with Gasteiger partial charge in [-0.05, 0) is 25.7 Å². The molecule has 0 heterocycles. The van der Waals surface area contributed by atoms with Crippen LogP contribution in [0.2, 0.25) is 0 Å². The summed E-state index contributed by atoms with van der Waals surface area (Å²) in [5.74, 6) is 0. The average Bonchev–Trinajstić information content (AvgIpc) is 2.10. The van der Waals surface area contributed by atoms with Gasteiger partial charge in [0.15, 0.2) is 0 Å². The van der Waals surface area contributed by atoms with Crippen LogP contribution in [0, 0.1) is 0 Å². The van der Waals surface area contributed by atoms with Crippen LogP contribution in [-0.4, -0.2) is 0 Å². The molecular formula is C12H22. The Balaban J connectivity index is 3.64. The third kappa shape index (κ3) is 6.21. The van der Waals surface area contributed by atoms with Crippen molar-refractivity contribution in [3.8, 4) is 0 Å². The maximum Gasteiger partial charge on any atom is -0.0139 e. The van der Waals surface area contributed by atoms with Crippen molar-refractivity contribution in [2.45, 2.75) is 52.9 Å². The molecule has 0 spiro atoms. The van der Waals surface area contributed by atoms with E-state index in [4.69, 9.17) is 0 Å². The Hall–Kier alpha value is -0.520. The van der Waals surface area contributed by atoms with E-state index in [9.17, 15) is 0 Å². The SMILES string of the molecule is CCC=C(CC)CC=CCCC. The van der Waals surface area contributed by atoms with Crippen molar-refractivity contribution < 1.29 is 0 Å². The molecule has 0 N–H and O–H groups in total. The highest BCUT2D eigenvalue weighted by Gasteiger charge is 1.88. The summed E-state index contributed by atoms with van der Waals surface area (Å²) in [5, 5.41) is 0. The van der Waals surface area contributed by atoms with Gasteiger partial charge in [-0.25, -0.2) is 0 Å². The molecule has 70 valence electrons. The van der Waals surface area contributed by atoms with Gasteiger partial charge in [0.2, 0.25) is 0 Å². The normalized spacial score (nSPS) is 12.8. The summed E-state index contributed by atoms with van der Waals surface area (Å²) in [5.41, 5.74) is 1.57. The van der Waals surface area contributed by atoms with Crippen LogP contribution in [0.5, 0.6) is 0 Å². The number of hydrogen-bond acceptors (Lipinski definition) is 0. The highest BCUT2D eigenvalue weighted by Crippen LogP contribution is 2.08. The summed E-state index contributed by atoms with van der Waals surface area (Å²) < 4.78 is 0. The van der Waals surface area contributed by atoms with Gasteiger partial charge in [0.05, 0.1) is 0 Å². The minimum atomic E-state index is 1.16. The molecule has 0 saturated heterocycles. The fraction of sp³-hybridized carbons (Fsp3) is 0.667. The molecule has 0 fully saturated rings. The maximum atomic E-state index is 2.34. The van der Waals surface area contributed by atoms with Crippen molar-refractivity contribution in [1.82, 2.24) is 0 Å². The van der Waals surface area contributed by atoms with E-state index in [1.54, 1.807) is 5.57 Å². The second-order valence-corrected chi connectivity index (χ2v) is 3.09. The second kappa shape index (κ2) is 8.58. The number of hydrogen-bond donors (Lipinski definition) is 0. The Morgan fingerprint density at radius 2 is 1.83 bits per heavy atom. The van der Waals surface area contributed by atoms with E-state index >= 15 is 0 Å². The van der Waals surface area contributed by atoms with Crippen LogP contribution in [0.15, 0.2) is 23.8 Å². The Labute approximate surface area is 77.4 Å². The average molecular weight is 166 g/mol. The van der Waals surface area contributed by atoms with Gasteiger partial charge >= 0.3 is 0 Å². The van der Waals surface area contributed by atoms with Gasteiger partial charge in [0, 0.05) is 0 Å². The van der Waals surface area contributed by atoms with Crippen LogP contribution in [0.25, 0.3) is 0 Å². The molecule has 0 aromatic carbocycles. The quantitative estimate of drug-likeness (QED) is 0.510. The molecule has 0 rings (SSSR count). The summed E-state index contributed by atoms with van der Waals surface area (Å²) in [4.78, 5) is 0. The van der Waals surface area contributed by atoms with Gasteiger partial charge in [-0.2, -0.15) is 0 Å². The van der Waals surface area contributed by atoms with Gasteiger partial charge in [-0.1, -0.05) is 51.0 Å². The first kappa shape index (κ1) is 11.5. The molecule has 0 radical (unpaired) electrons. The molecule has 0 aromatic heterocycles. The summed E-state index contributed by atoms with van der Waals surface area (Å²) in [6.45, 7) is 6.65. The van der Waals surface area contributed by atoms with E-state index in [0.717, 1.165) is 6.42 Å². The Bertz CT molecular complexity index is 140. The lowest BCUT2D eigenvalue weighted by Gasteiger charge is -1.98. The van der Waals surface area contributed by atoms with Crippen molar-refractivity contribution in [3.63, 3.8) is 0 Å². The van der Waals surface area contributed by atoms with Crippen molar-refractivity contribution >= 4 is 0 Å². The van der Waals surface area contributed by atoms with Gasteiger partial charge < -0.3 is 0 Å². The van der Waals surface area contributed by atoms with E-state index in [0.29, 0.717) is 0 Å². The summed E-state index contributed by atoms with van der Waals surface area (Å²) in [6.07, 6.45) is 12.9. The fourth-order valence-electron chi connectivity index (χ4n) is 1.18. The molecule has 0 aliphatic heterocycles. The largest absolute Gasteiger partial charge is 0.0882 e. The standard InChI is InChI=1S/C12H22/c1-4-7-8-9-11-12(6-3)10-5-2/h8-10H,4-7,11H2,1-3H3. The van der Waals surface area contributed by atoms with Gasteiger partial charge in [0.25, 0.3) is 0 Å². The van der Waals surface area contributed by atoms with E-state index in [-0.39, 0.29) is 0 Å². The number of allylic oxidation sites excluding steroid dienone is 4. The minimum Gasteiger partial charge on any atom is -0.0882 e. The lowest BCUT2D eigenvalue weighted by Crippen LogP contribution is -1.77. The first-order valence-corrected chi connectivity index (χ1v) is 5.18. The Morgan fingerprint density at radius 3 is 2.33 bits per heavy atom. The lowest BCUT2D eigenvalue weighted by atomic mass is 10.1. The molecule has 0 aliphatic carbocycles. The molecule has 0 nitrogen and oxygen atoms in total. The monoisotopic (exact) mass is 166 g/mol. The third-order valence-electron chi connectivity index (χ3n) is 1.95. The van der Waals surface area contributed by atoms with Crippen LogP contribution < -0.4 is 0 Å². The van der Waals surface area contributed by atoms with Crippen molar-refractivity contribution in [3.05, 3.63) is 23.8 Å². The topological polar surface area (TPSA) is 0 Å². The Kier molecular flexibility index (Phi) is 8.20. The van der Waals surface area contributed by atoms with E-state index in [1.165, 1.54) is 25.7 Å². The van der Waals surface area contributed by atoms with E-state index in [2.05, 4.69) is 39.0 Å². The number of unbranched alkanes of at least 4 members (excludes halogenated alkanes) is 1. The van der Waals surface area contributed by atoms with Crippen molar-refractivity contribution in [2.75, 3.05) is 0 Å². The fourth-order valence-corrected chi connectivity index (χ4v) is 1.18. The van der Waals surface area contributed by atoms with Gasteiger partial charge in [0.1, 0.15) is 0 Å². The van der Waals surface area contributed by atoms with Crippen LogP contribution in [0.4, 0.5) is 0 Å². The number of rotatable bonds is 6. The summed E-state index contributed by atoms with van der Waals surface area (Å²) in [7, 11) is 0. The molecular weight excluding hydrogens is 144 g/mol. The second-order valence-electron chi connectivity index (χ2n) is 3.09. The highest BCUT2D eigenvalue weighted by molar-refractivity contribution is 5.06. The third-order valence-corrected chi connectivity index (χ3v) is 1.95. The van der Waals surface area contributed by atoms with E-state index in [1.807, 2.05) is 0 Å². The zero-order valence-electron chi connectivity index (χ0n) is 8.77. The van der Waals surface area contributed by atoms with Crippen LogP contribution >= 0.6 is 0 Å². The molecule has 0 aromatic rings. The van der Waals surface area contributed by atoms with E-state index < -0.39 is 0 Å². The molecule has 0 saturated carbocycles. The predicted molar refractivity (Wildman–Crippen MR) is 57.3 cm³/mol. The van der Waals surface area contributed by atoms with Crippen molar-refractivity contribution in [1.29, 1.82) is 0 Å². The smallest absolute Gasteiger partial charge is 0.0139 e. The maximum absolute atomic E-state index is 2.34. The van der Waals surface area contributed by atoms with Gasteiger partial charge in [-0.15, -0.1) is 0 Å².